The average molecular weight is 430 g/mol. The van der Waals surface area contributed by atoms with Crippen LogP contribution in [0.25, 0.3) is 5.69 Å². The zero-order valence-corrected chi connectivity index (χ0v) is 19.4. The van der Waals surface area contributed by atoms with Crippen molar-refractivity contribution in [2.24, 2.45) is 0 Å². The Labute approximate surface area is 190 Å². The van der Waals surface area contributed by atoms with Crippen molar-refractivity contribution >= 4 is 11.7 Å². The number of para-hydroxylation sites is 1. The number of aromatic nitrogens is 1. The number of ketones is 1. The van der Waals surface area contributed by atoms with Gasteiger partial charge in [-0.3, -0.25) is 14.5 Å². The van der Waals surface area contributed by atoms with Crippen LogP contribution in [-0.2, 0) is 0 Å². The Morgan fingerprint density at radius 3 is 2.16 bits per heavy atom. The summed E-state index contributed by atoms with van der Waals surface area (Å²) in [4.78, 5) is 30.0. The molecule has 166 valence electrons. The number of Topliss-reactive ketones (excluding diaryl/α,β-unsaturated/α-hetero) is 1. The monoisotopic (exact) mass is 429 g/mol. The van der Waals surface area contributed by atoms with Crippen LogP contribution < -0.4 is 0 Å². The predicted molar refractivity (Wildman–Crippen MR) is 128 cm³/mol. The minimum absolute atomic E-state index is 0.0745. The number of nitrogens with zero attached hydrogens (tertiary/aromatic N) is 3. The molecule has 1 amide bonds. The van der Waals surface area contributed by atoms with Gasteiger partial charge in [0.2, 0.25) is 0 Å². The molecule has 3 aromatic rings. The number of aryl methyl sites for hydroxylation is 3. The van der Waals surface area contributed by atoms with Crippen LogP contribution in [0, 0.1) is 27.7 Å². The molecule has 0 saturated carbocycles. The van der Waals surface area contributed by atoms with Crippen molar-refractivity contribution < 1.29 is 9.59 Å². The molecule has 0 radical (unpaired) electrons. The number of carbonyl (C=O) groups excluding carboxylic acids is 2. The number of carbonyl (C=O) groups is 2. The SMILES string of the molecule is Cc1ccc(C(=O)N2CCN(CC(=O)c3cc(C)n(-c4ccccc4)c3C)CC2)cc1C. The number of benzene rings is 2. The Balaban J connectivity index is 1.39. The summed E-state index contributed by atoms with van der Waals surface area (Å²) < 4.78 is 2.13. The number of hydrogen-bond donors (Lipinski definition) is 0. The first-order valence-corrected chi connectivity index (χ1v) is 11.2. The Kier molecular flexibility index (Phi) is 6.28. The average Bonchev–Trinajstić information content (AvgIpc) is 3.10. The zero-order valence-electron chi connectivity index (χ0n) is 19.4. The highest BCUT2D eigenvalue weighted by Crippen LogP contribution is 2.22. The number of hydrogen-bond acceptors (Lipinski definition) is 3. The maximum absolute atomic E-state index is 13.1. The standard InChI is InChI=1S/C27H31N3O2/c1-19-10-11-23(16-20(19)2)27(32)29-14-12-28(13-15-29)18-26(31)25-17-21(3)30(22(25)4)24-8-6-5-7-9-24/h5-11,16-17H,12-15,18H2,1-4H3. The smallest absolute Gasteiger partial charge is 0.253 e. The molecular formula is C27H31N3O2. The molecule has 5 heteroatoms. The van der Waals surface area contributed by atoms with Gasteiger partial charge in [-0.05, 0) is 69.2 Å². The van der Waals surface area contributed by atoms with Crippen molar-refractivity contribution in [1.82, 2.24) is 14.4 Å². The van der Waals surface area contributed by atoms with Crippen LogP contribution >= 0.6 is 0 Å². The molecule has 0 atom stereocenters. The van der Waals surface area contributed by atoms with Crippen molar-refractivity contribution in [3.63, 3.8) is 0 Å². The zero-order chi connectivity index (χ0) is 22.8. The molecule has 1 aliphatic heterocycles. The minimum atomic E-state index is 0.0745. The van der Waals surface area contributed by atoms with Crippen LogP contribution in [0.4, 0.5) is 0 Å². The Morgan fingerprint density at radius 1 is 0.812 bits per heavy atom. The molecule has 0 unspecified atom stereocenters. The Hall–Kier alpha value is -3.18. The van der Waals surface area contributed by atoms with Crippen LogP contribution in [0.2, 0.25) is 0 Å². The van der Waals surface area contributed by atoms with Crippen LogP contribution in [0.5, 0.6) is 0 Å². The highest BCUT2D eigenvalue weighted by molar-refractivity contribution is 5.99. The quantitative estimate of drug-likeness (QED) is 0.567. The molecule has 4 rings (SSSR count). The number of piperazine rings is 1. The molecule has 1 aromatic heterocycles. The van der Waals surface area contributed by atoms with Crippen molar-refractivity contribution in [2.75, 3.05) is 32.7 Å². The van der Waals surface area contributed by atoms with Crippen LogP contribution in [0.15, 0.2) is 54.6 Å². The first-order chi connectivity index (χ1) is 15.3. The van der Waals surface area contributed by atoms with Crippen molar-refractivity contribution in [1.29, 1.82) is 0 Å². The van der Waals surface area contributed by atoms with E-state index in [1.165, 1.54) is 5.56 Å². The maximum Gasteiger partial charge on any atom is 0.253 e. The summed E-state index contributed by atoms with van der Waals surface area (Å²) in [6.07, 6.45) is 0. The van der Waals surface area contributed by atoms with Crippen molar-refractivity contribution in [3.8, 4) is 5.69 Å². The minimum Gasteiger partial charge on any atom is -0.336 e. The van der Waals surface area contributed by atoms with E-state index in [-0.39, 0.29) is 11.7 Å². The van der Waals surface area contributed by atoms with E-state index in [0.29, 0.717) is 32.7 Å². The Morgan fingerprint density at radius 2 is 1.50 bits per heavy atom. The number of amides is 1. The van der Waals surface area contributed by atoms with E-state index >= 15 is 0 Å². The molecule has 2 heterocycles. The second kappa shape index (κ2) is 9.13. The summed E-state index contributed by atoms with van der Waals surface area (Å²) in [5.41, 5.74) is 6.94. The summed E-state index contributed by atoms with van der Waals surface area (Å²) in [7, 11) is 0. The van der Waals surface area contributed by atoms with Gasteiger partial charge < -0.3 is 9.47 Å². The lowest BCUT2D eigenvalue weighted by Gasteiger charge is -2.34. The third-order valence-corrected chi connectivity index (χ3v) is 6.53. The van der Waals surface area contributed by atoms with E-state index in [1.54, 1.807) is 0 Å². The summed E-state index contributed by atoms with van der Waals surface area (Å²) in [6.45, 7) is 11.2. The van der Waals surface area contributed by atoms with E-state index in [0.717, 1.165) is 33.8 Å². The molecule has 0 N–H and O–H groups in total. The summed E-state index contributed by atoms with van der Waals surface area (Å²) in [5.74, 6) is 0.208. The van der Waals surface area contributed by atoms with Gasteiger partial charge in [-0.15, -0.1) is 0 Å². The van der Waals surface area contributed by atoms with Crippen LogP contribution in [-0.4, -0.2) is 58.8 Å². The molecule has 32 heavy (non-hydrogen) atoms. The topological polar surface area (TPSA) is 45.6 Å². The first kappa shape index (κ1) is 22.0. The van der Waals surface area contributed by atoms with E-state index in [2.05, 4.69) is 28.5 Å². The first-order valence-electron chi connectivity index (χ1n) is 11.2. The van der Waals surface area contributed by atoms with E-state index in [1.807, 2.05) is 68.1 Å². The van der Waals surface area contributed by atoms with Gasteiger partial charge in [0.25, 0.3) is 5.91 Å². The molecule has 0 aliphatic carbocycles. The fourth-order valence-electron chi connectivity index (χ4n) is 4.47. The molecule has 0 spiro atoms. The predicted octanol–water partition coefficient (Wildman–Crippen LogP) is 4.35. The molecule has 0 bridgehead atoms. The van der Waals surface area contributed by atoms with Crippen molar-refractivity contribution in [2.45, 2.75) is 27.7 Å². The Bertz CT molecular complexity index is 1140. The third-order valence-electron chi connectivity index (χ3n) is 6.53. The van der Waals surface area contributed by atoms with Crippen LogP contribution in [0.1, 0.15) is 43.2 Å². The van der Waals surface area contributed by atoms with Gasteiger partial charge in [0, 0.05) is 54.4 Å². The van der Waals surface area contributed by atoms with E-state index in [9.17, 15) is 9.59 Å². The van der Waals surface area contributed by atoms with Gasteiger partial charge in [0.05, 0.1) is 6.54 Å². The lowest BCUT2D eigenvalue weighted by Crippen LogP contribution is -2.49. The van der Waals surface area contributed by atoms with E-state index in [4.69, 9.17) is 0 Å². The normalized spacial score (nSPS) is 14.6. The number of rotatable bonds is 5. The largest absolute Gasteiger partial charge is 0.336 e. The lowest BCUT2D eigenvalue weighted by molar-refractivity contribution is 0.0624. The second-order valence-corrected chi connectivity index (χ2v) is 8.75. The molecule has 1 aliphatic rings. The molecule has 1 fully saturated rings. The van der Waals surface area contributed by atoms with Crippen molar-refractivity contribution in [3.05, 3.63) is 88.2 Å². The van der Waals surface area contributed by atoms with Gasteiger partial charge >= 0.3 is 0 Å². The fourth-order valence-corrected chi connectivity index (χ4v) is 4.47. The second-order valence-electron chi connectivity index (χ2n) is 8.75. The third kappa shape index (κ3) is 4.39. The highest BCUT2D eigenvalue weighted by atomic mass is 16.2. The summed E-state index contributed by atoms with van der Waals surface area (Å²) in [6, 6.07) is 18.0. The highest BCUT2D eigenvalue weighted by Gasteiger charge is 2.25. The lowest BCUT2D eigenvalue weighted by atomic mass is 10.1. The maximum atomic E-state index is 13.1. The summed E-state index contributed by atoms with van der Waals surface area (Å²) in [5, 5.41) is 0. The fraction of sp³-hybridized carbons (Fsp3) is 0.333. The van der Waals surface area contributed by atoms with Gasteiger partial charge in [-0.1, -0.05) is 24.3 Å². The summed E-state index contributed by atoms with van der Waals surface area (Å²) >= 11 is 0. The molecule has 1 saturated heterocycles. The molecule has 5 nitrogen and oxygen atoms in total. The van der Waals surface area contributed by atoms with Gasteiger partial charge in [0.15, 0.2) is 5.78 Å². The van der Waals surface area contributed by atoms with E-state index < -0.39 is 0 Å². The molecular weight excluding hydrogens is 398 g/mol. The van der Waals surface area contributed by atoms with Crippen LogP contribution in [0.3, 0.4) is 0 Å². The van der Waals surface area contributed by atoms with Gasteiger partial charge in [-0.25, -0.2) is 0 Å². The van der Waals surface area contributed by atoms with Gasteiger partial charge in [0.1, 0.15) is 0 Å². The van der Waals surface area contributed by atoms with Gasteiger partial charge in [-0.2, -0.15) is 0 Å². The molecule has 2 aromatic carbocycles.